The van der Waals surface area contributed by atoms with Gasteiger partial charge in [0.25, 0.3) is 0 Å². The minimum atomic E-state index is 0. The van der Waals surface area contributed by atoms with Crippen LogP contribution in [0.25, 0.3) is 0 Å². The monoisotopic (exact) mass is 118 g/mol. The van der Waals surface area contributed by atoms with Crippen molar-refractivity contribution in [3.63, 3.8) is 0 Å². The van der Waals surface area contributed by atoms with E-state index in [-0.39, 0.29) is 4.70 Å². The minimum Gasteiger partial charge on any atom is -0.368 e. The number of nitrogen functional groups attached to an aromatic ring is 1. The van der Waals surface area contributed by atoms with Crippen LogP contribution in [0.2, 0.25) is 0 Å². The van der Waals surface area contributed by atoms with E-state index in [1.807, 2.05) is 6.92 Å². The molecule has 0 fully saturated rings. The molecule has 1 aromatic rings. The summed E-state index contributed by atoms with van der Waals surface area (Å²) in [6, 6.07) is 1.67. The van der Waals surface area contributed by atoms with E-state index in [2.05, 4.69) is 9.68 Å². The Balaban J connectivity index is 0.000000490. The summed E-state index contributed by atoms with van der Waals surface area (Å²) in [7, 11) is 0. The van der Waals surface area contributed by atoms with E-state index in [4.69, 9.17) is 5.73 Å². The van der Waals surface area contributed by atoms with Crippen LogP contribution in [0.1, 0.15) is 5.69 Å². The molecule has 0 spiro atoms. The van der Waals surface area contributed by atoms with Crippen LogP contribution in [0.4, 0.5) is 10.6 Å². The highest BCUT2D eigenvalue weighted by molar-refractivity contribution is 5.22. The number of nitrogens with zero attached hydrogens (tertiary/aromatic N) is 1. The van der Waals surface area contributed by atoms with E-state index >= 15 is 0 Å². The first-order valence-electron chi connectivity index (χ1n) is 1.98. The SMILES string of the molecule is Cc1cc(N)on1.F. The number of aryl methyl sites for hydroxylation is 1. The standard InChI is InChI=1S/C4H6N2O.FH/c1-3-2-4(5)7-6-3;/h2H,5H2,1H3;1H. The molecule has 4 heteroatoms. The lowest BCUT2D eigenvalue weighted by Crippen LogP contribution is -1.75. The predicted octanol–water partition coefficient (Wildman–Crippen LogP) is 0.718. The van der Waals surface area contributed by atoms with E-state index in [1.54, 1.807) is 6.07 Å². The number of anilines is 1. The molecule has 0 atom stereocenters. The van der Waals surface area contributed by atoms with Gasteiger partial charge in [-0.15, -0.1) is 0 Å². The zero-order chi connectivity index (χ0) is 5.28. The van der Waals surface area contributed by atoms with Crippen molar-refractivity contribution in [2.24, 2.45) is 0 Å². The molecule has 0 radical (unpaired) electrons. The van der Waals surface area contributed by atoms with Gasteiger partial charge in [0.05, 0.1) is 5.69 Å². The van der Waals surface area contributed by atoms with Gasteiger partial charge in [-0.3, -0.25) is 4.70 Å². The lowest BCUT2D eigenvalue weighted by molar-refractivity contribution is 0.431. The van der Waals surface area contributed by atoms with Crippen molar-refractivity contribution in [2.75, 3.05) is 5.73 Å². The number of aromatic nitrogens is 1. The minimum absolute atomic E-state index is 0. The number of nitrogens with two attached hydrogens (primary N) is 1. The normalized spacial score (nSPS) is 8.12. The molecule has 2 N–H and O–H groups in total. The Morgan fingerprint density at radius 2 is 2.38 bits per heavy atom. The lowest BCUT2D eigenvalue weighted by Gasteiger charge is -1.67. The van der Waals surface area contributed by atoms with Crippen LogP contribution in [0.3, 0.4) is 0 Å². The summed E-state index contributed by atoms with van der Waals surface area (Å²) in [6.45, 7) is 1.82. The first-order valence-corrected chi connectivity index (χ1v) is 1.98. The summed E-state index contributed by atoms with van der Waals surface area (Å²) in [6.07, 6.45) is 0. The fourth-order valence-electron chi connectivity index (χ4n) is 0.383. The van der Waals surface area contributed by atoms with Gasteiger partial charge in [-0.25, -0.2) is 0 Å². The maximum absolute atomic E-state index is 5.15. The average Bonchev–Trinajstić information content (AvgIpc) is 1.87. The van der Waals surface area contributed by atoms with Crippen LogP contribution in [0.5, 0.6) is 0 Å². The maximum Gasteiger partial charge on any atom is 0.222 e. The van der Waals surface area contributed by atoms with Crippen LogP contribution in [0.15, 0.2) is 10.6 Å². The Labute approximate surface area is 45.8 Å². The third-order valence-corrected chi connectivity index (χ3v) is 0.646. The molecule has 1 heterocycles. The molecule has 0 unspecified atom stereocenters. The molecular weight excluding hydrogens is 111 g/mol. The molecule has 0 aliphatic rings. The molecule has 1 aromatic heterocycles. The lowest BCUT2D eigenvalue weighted by atomic mass is 10.5. The third-order valence-electron chi connectivity index (χ3n) is 0.646. The van der Waals surface area contributed by atoms with E-state index < -0.39 is 0 Å². The number of rotatable bonds is 0. The van der Waals surface area contributed by atoms with Gasteiger partial charge in [-0.2, -0.15) is 0 Å². The molecule has 0 amide bonds. The summed E-state index contributed by atoms with van der Waals surface area (Å²) < 4.78 is 4.49. The summed E-state index contributed by atoms with van der Waals surface area (Å²) in [5.41, 5.74) is 5.97. The molecule has 8 heavy (non-hydrogen) atoms. The van der Waals surface area contributed by atoms with Gasteiger partial charge in [-0.1, -0.05) is 5.16 Å². The van der Waals surface area contributed by atoms with Crippen molar-refractivity contribution in [1.82, 2.24) is 5.16 Å². The van der Waals surface area contributed by atoms with E-state index in [1.165, 1.54) is 0 Å². The molecule has 3 nitrogen and oxygen atoms in total. The first-order chi connectivity index (χ1) is 3.29. The molecule has 0 saturated heterocycles. The zero-order valence-corrected chi connectivity index (χ0v) is 4.42. The first kappa shape index (κ1) is 6.94. The highest BCUT2D eigenvalue weighted by Crippen LogP contribution is 2.00. The van der Waals surface area contributed by atoms with Gasteiger partial charge >= 0.3 is 0 Å². The Morgan fingerprint density at radius 1 is 1.75 bits per heavy atom. The molecule has 46 valence electrons. The predicted molar refractivity (Wildman–Crippen MR) is 28.2 cm³/mol. The van der Waals surface area contributed by atoms with E-state index in [0.717, 1.165) is 5.69 Å². The summed E-state index contributed by atoms with van der Waals surface area (Å²) in [4.78, 5) is 0. The van der Waals surface area contributed by atoms with Gasteiger partial charge in [0, 0.05) is 6.07 Å². The second-order valence-corrected chi connectivity index (χ2v) is 1.37. The fraction of sp³-hybridized carbons (Fsp3) is 0.250. The van der Waals surface area contributed by atoms with Crippen LogP contribution < -0.4 is 5.73 Å². The van der Waals surface area contributed by atoms with Crippen LogP contribution in [0, 0.1) is 6.92 Å². The van der Waals surface area contributed by atoms with Crippen molar-refractivity contribution in [1.29, 1.82) is 0 Å². The average molecular weight is 118 g/mol. The van der Waals surface area contributed by atoms with Gasteiger partial charge in [-0.05, 0) is 6.92 Å². The Bertz CT molecular complexity index is 146. The highest BCUT2D eigenvalue weighted by atomic mass is 19.0. The molecule has 0 saturated carbocycles. The topological polar surface area (TPSA) is 52.0 Å². The maximum atomic E-state index is 5.15. The Morgan fingerprint density at radius 3 is 2.50 bits per heavy atom. The van der Waals surface area contributed by atoms with Crippen LogP contribution in [-0.4, -0.2) is 5.16 Å². The van der Waals surface area contributed by atoms with Crippen molar-refractivity contribution in [3.05, 3.63) is 11.8 Å². The molecular formula is C4H7FN2O. The van der Waals surface area contributed by atoms with Crippen molar-refractivity contribution in [3.8, 4) is 0 Å². The molecule has 0 aliphatic heterocycles. The number of hydrogen-bond acceptors (Lipinski definition) is 3. The Hall–Kier alpha value is -1.06. The largest absolute Gasteiger partial charge is 0.368 e. The van der Waals surface area contributed by atoms with Crippen molar-refractivity contribution in [2.45, 2.75) is 6.92 Å². The fourth-order valence-corrected chi connectivity index (χ4v) is 0.383. The second kappa shape index (κ2) is 2.30. The van der Waals surface area contributed by atoms with Gasteiger partial charge in [0.1, 0.15) is 0 Å². The smallest absolute Gasteiger partial charge is 0.222 e. The molecule has 0 aromatic carbocycles. The van der Waals surface area contributed by atoms with Gasteiger partial charge < -0.3 is 10.3 Å². The quantitative estimate of drug-likeness (QED) is 0.546. The van der Waals surface area contributed by atoms with Crippen LogP contribution >= 0.6 is 0 Å². The Kier molecular flexibility index (Phi) is 1.99. The van der Waals surface area contributed by atoms with Crippen molar-refractivity contribution < 1.29 is 9.23 Å². The third kappa shape index (κ3) is 1.22. The zero-order valence-electron chi connectivity index (χ0n) is 4.42. The molecule has 0 aliphatic carbocycles. The molecule has 1 rings (SSSR count). The molecule has 0 bridgehead atoms. The van der Waals surface area contributed by atoms with Crippen molar-refractivity contribution >= 4 is 5.88 Å². The number of hydrogen-bond donors (Lipinski definition) is 1. The summed E-state index contributed by atoms with van der Waals surface area (Å²) >= 11 is 0. The summed E-state index contributed by atoms with van der Waals surface area (Å²) in [5.74, 6) is 0.373. The van der Waals surface area contributed by atoms with Crippen LogP contribution in [-0.2, 0) is 0 Å². The number of halogens is 1. The second-order valence-electron chi connectivity index (χ2n) is 1.37. The van der Waals surface area contributed by atoms with Gasteiger partial charge in [0.2, 0.25) is 5.88 Å². The van der Waals surface area contributed by atoms with Gasteiger partial charge in [0.15, 0.2) is 0 Å². The van der Waals surface area contributed by atoms with E-state index in [9.17, 15) is 0 Å². The van der Waals surface area contributed by atoms with E-state index in [0.29, 0.717) is 5.88 Å². The highest BCUT2D eigenvalue weighted by Gasteiger charge is 1.88. The summed E-state index contributed by atoms with van der Waals surface area (Å²) in [5, 5.41) is 3.52.